The molecule has 0 aromatic carbocycles. The number of nitrogens with zero attached hydrogens (tertiary/aromatic N) is 2. The Kier molecular flexibility index (Phi) is 3.57. The number of rotatable bonds is 2. The highest BCUT2D eigenvalue weighted by Crippen LogP contribution is 2.47. The third kappa shape index (κ3) is 2.47. The molecule has 108 valence electrons. The summed E-state index contributed by atoms with van der Waals surface area (Å²) in [7, 11) is 0. The fourth-order valence-corrected chi connectivity index (χ4v) is 5.52. The normalized spacial score (nSPS) is 42.0. The smallest absolute Gasteiger partial charge is 0.0126 e. The van der Waals surface area contributed by atoms with Crippen LogP contribution in [0.4, 0.5) is 0 Å². The largest absolute Gasteiger partial charge is 0.300 e. The molecule has 0 aromatic rings. The van der Waals surface area contributed by atoms with E-state index in [-0.39, 0.29) is 0 Å². The Morgan fingerprint density at radius 1 is 0.632 bits per heavy atom. The second-order valence-electron chi connectivity index (χ2n) is 7.61. The molecule has 0 unspecified atom stereocenters. The van der Waals surface area contributed by atoms with Crippen LogP contribution in [0.3, 0.4) is 0 Å². The summed E-state index contributed by atoms with van der Waals surface area (Å²) < 4.78 is 0. The Morgan fingerprint density at radius 3 is 2.05 bits per heavy atom. The van der Waals surface area contributed by atoms with Gasteiger partial charge in [0.15, 0.2) is 0 Å². The van der Waals surface area contributed by atoms with Crippen LogP contribution in [0.1, 0.15) is 57.8 Å². The fourth-order valence-electron chi connectivity index (χ4n) is 5.52. The van der Waals surface area contributed by atoms with Gasteiger partial charge < -0.3 is 4.90 Å². The first-order valence-electron chi connectivity index (χ1n) is 8.88. The lowest BCUT2D eigenvalue weighted by molar-refractivity contribution is 0.0562. The molecule has 4 fully saturated rings. The van der Waals surface area contributed by atoms with Crippen LogP contribution < -0.4 is 0 Å². The third-order valence-corrected chi connectivity index (χ3v) is 6.58. The summed E-state index contributed by atoms with van der Waals surface area (Å²) in [4.78, 5) is 5.69. The minimum Gasteiger partial charge on any atom is -0.300 e. The molecule has 3 atom stereocenters. The van der Waals surface area contributed by atoms with Gasteiger partial charge in [-0.25, -0.2) is 0 Å². The highest BCUT2D eigenvalue weighted by molar-refractivity contribution is 4.97. The molecule has 2 heterocycles. The van der Waals surface area contributed by atoms with Gasteiger partial charge in [-0.15, -0.1) is 0 Å². The van der Waals surface area contributed by atoms with Gasteiger partial charge in [0.2, 0.25) is 0 Å². The maximum atomic E-state index is 2.88. The Labute approximate surface area is 118 Å². The molecule has 0 aromatic heterocycles. The predicted molar refractivity (Wildman–Crippen MR) is 79.3 cm³/mol. The van der Waals surface area contributed by atoms with Gasteiger partial charge in [-0.1, -0.05) is 12.8 Å². The van der Waals surface area contributed by atoms with E-state index in [4.69, 9.17) is 0 Å². The number of piperidine rings is 2. The molecular weight excluding hydrogens is 232 g/mol. The molecular formula is C17H30N2. The van der Waals surface area contributed by atoms with Crippen molar-refractivity contribution in [1.29, 1.82) is 0 Å². The molecule has 0 spiro atoms. The maximum absolute atomic E-state index is 2.88. The third-order valence-electron chi connectivity index (χ3n) is 6.58. The van der Waals surface area contributed by atoms with Gasteiger partial charge in [-0.3, -0.25) is 4.90 Å². The minimum absolute atomic E-state index is 0.926. The van der Waals surface area contributed by atoms with Crippen molar-refractivity contribution >= 4 is 0 Å². The zero-order chi connectivity index (χ0) is 12.7. The lowest BCUT2D eigenvalue weighted by atomic mass is 9.91. The quantitative estimate of drug-likeness (QED) is 0.754. The molecule has 2 aliphatic carbocycles. The summed E-state index contributed by atoms with van der Waals surface area (Å²) in [5.41, 5.74) is 0. The molecule has 2 aliphatic heterocycles. The lowest BCUT2D eigenvalue weighted by Crippen LogP contribution is -2.50. The highest BCUT2D eigenvalue weighted by Gasteiger charge is 2.43. The van der Waals surface area contributed by atoms with Crippen LogP contribution in [-0.4, -0.2) is 48.1 Å². The number of fused-ring (bicyclic) bond motifs is 2. The van der Waals surface area contributed by atoms with Crippen molar-refractivity contribution in [3.8, 4) is 0 Å². The summed E-state index contributed by atoms with van der Waals surface area (Å²) in [6.45, 7) is 5.57. The molecule has 0 amide bonds. The van der Waals surface area contributed by atoms with E-state index in [1.54, 1.807) is 25.7 Å². The van der Waals surface area contributed by atoms with Crippen LogP contribution in [0.5, 0.6) is 0 Å². The molecule has 2 bridgehead atoms. The molecule has 2 heteroatoms. The summed E-state index contributed by atoms with van der Waals surface area (Å²) >= 11 is 0. The van der Waals surface area contributed by atoms with Crippen LogP contribution in [0.15, 0.2) is 0 Å². The van der Waals surface area contributed by atoms with E-state index < -0.39 is 0 Å². The maximum Gasteiger partial charge on any atom is 0.0126 e. The molecule has 4 aliphatic rings. The van der Waals surface area contributed by atoms with Crippen LogP contribution >= 0.6 is 0 Å². The van der Waals surface area contributed by atoms with Crippen molar-refractivity contribution in [1.82, 2.24) is 9.80 Å². The Hall–Kier alpha value is -0.0800. The molecule has 2 saturated carbocycles. The van der Waals surface area contributed by atoms with Gasteiger partial charge in [-0.2, -0.15) is 0 Å². The predicted octanol–water partition coefficient (Wildman–Crippen LogP) is 3.13. The van der Waals surface area contributed by atoms with Gasteiger partial charge in [0.1, 0.15) is 0 Å². The summed E-state index contributed by atoms with van der Waals surface area (Å²) in [5.74, 6) is 2.19. The Bertz CT molecular complexity index is 302. The van der Waals surface area contributed by atoms with Crippen molar-refractivity contribution in [3.63, 3.8) is 0 Å². The van der Waals surface area contributed by atoms with Gasteiger partial charge in [-0.05, 0) is 83.0 Å². The van der Waals surface area contributed by atoms with E-state index in [0.29, 0.717) is 0 Å². The van der Waals surface area contributed by atoms with E-state index >= 15 is 0 Å². The first-order chi connectivity index (χ1) is 9.40. The summed E-state index contributed by atoms with van der Waals surface area (Å²) in [6, 6.07) is 1.91. The topological polar surface area (TPSA) is 6.48 Å². The van der Waals surface area contributed by atoms with E-state index in [2.05, 4.69) is 9.80 Å². The van der Waals surface area contributed by atoms with Crippen molar-refractivity contribution in [2.24, 2.45) is 11.8 Å². The van der Waals surface area contributed by atoms with E-state index in [9.17, 15) is 0 Å². The van der Waals surface area contributed by atoms with Crippen molar-refractivity contribution in [2.45, 2.75) is 69.9 Å². The molecule has 0 radical (unpaired) electrons. The zero-order valence-electron chi connectivity index (χ0n) is 12.4. The Balaban J connectivity index is 1.30. The highest BCUT2D eigenvalue weighted by atomic mass is 15.2. The second kappa shape index (κ2) is 5.37. The van der Waals surface area contributed by atoms with Crippen molar-refractivity contribution in [3.05, 3.63) is 0 Å². The molecule has 19 heavy (non-hydrogen) atoms. The number of hydrogen-bond donors (Lipinski definition) is 0. The molecule has 0 N–H and O–H groups in total. The van der Waals surface area contributed by atoms with Crippen LogP contribution in [0, 0.1) is 11.8 Å². The van der Waals surface area contributed by atoms with Crippen molar-refractivity contribution in [2.75, 3.05) is 26.2 Å². The number of hydrogen-bond acceptors (Lipinski definition) is 2. The van der Waals surface area contributed by atoms with Gasteiger partial charge in [0.25, 0.3) is 0 Å². The zero-order valence-corrected chi connectivity index (χ0v) is 12.4. The summed E-state index contributed by atoms with van der Waals surface area (Å²) in [5, 5.41) is 0. The molecule has 4 rings (SSSR count). The first-order valence-corrected chi connectivity index (χ1v) is 8.88. The van der Waals surface area contributed by atoms with Crippen LogP contribution in [0.2, 0.25) is 0 Å². The van der Waals surface area contributed by atoms with Gasteiger partial charge in [0, 0.05) is 12.1 Å². The fraction of sp³-hybridized carbons (Fsp3) is 1.00. The van der Waals surface area contributed by atoms with Crippen LogP contribution in [0.25, 0.3) is 0 Å². The van der Waals surface area contributed by atoms with E-state index in [1.165, 1.54) is 58.3 Å². The van der Waals surface area contributed by atoms with E-state index in [1.807, 2.05) is 0 Å². The average molecular weight is 262 g/mol. The first kappa shape index (κ1) is 12.6. The molecule has 2 saturated heterocycles. The van der Waals surface area contributed by atoms with Gasteiger partial charge >= 0.3 is 0 Å². The van der Waals surface area contributed by atoms with Gasteiger partial charge in [0.05, 0.1) is 0 Å². The van der Waals surface area contributed by atoms with Crippen molar-refractivity contribution < 1.29 is 0 Å². The van der Waals surface area contributed by atoms with Crippen LogP contribution in [-0.2, 0) is 0 Å². The summed E-state index contributed by atoms with van der Waals surface area (Å²) in [6.07, 6.45) is 13.5. The standard InChI is InChI=1S/C17H30N2/c1-2-8-18(9-3-1)16-6-10-19(11-7-16)17-13-14-4-5-15(17)12-14/h14-17H,1-13H2/t14-,15-,17-/m1/s1. The number of likely N-dealkylation sites (tertiary alicyclic amines) is 2. The Morgan fingerprint density at radius 2 is 1.42 bits per heavy atom. The second-order valence-corrected chi connectivity index (χ2v) is 7.61. The minimum atomic E-state index is 0.926. The average Bonchev–Trinajstić information content (AvgIpc) is 3.11. The monoisotopic (exact) mass is 262 g/mol. The SMILES string of the molecule is C1CCN(C2CCN([C@@H]3C[C@@H]4CC[C@@H]3C4)CC2)CC1. The van der Waals surface area contributed by atoms with E-state index in [0.717, 1.165) is 23.9 Å². The molecule has 2 nitrogen and oxygen atoms in total. The lowest BCUT2D eigenvalue weighted by Gasteiger charge is -2.43.